The fourth-order valence-corrected chi connectivity index (χ4v) is 1.62. The van der Waals surface area contributed by atoms with E-state index in [9.17, 15) is 18.0 Å². The molecule has 0 spiro atoms. The number of aromatic nitrogens is 2. The molecule has 0 aliphatic heterocycles. The van der Waals surface area contributed by atoms with Gasteiger partial charge < -0.3 is 10.1 Å². The van der Waals surface area contributed by atoms with Crippen LogP contribution in [-0.2, 0) is 12.7 Å². The van der Waals surface area contributed by atoms with E-state index < -0.39 is 17.8 Å². The highest BCUT2D eigenvalue weighted by atomic mass is 19.4. The summed E-state index contributed by atoms with van der Waals surface area (Å²) in [6, 6.07) is 5.21. The summed E-state index contributed by atoms with van der Waals surface area (Å²) in [5, 5.41) is 2.57. The first kappa shape index (κ1) is 15.7. The SMILES string of the molecule is COc1ccc(CNC(=O)c2ccc(C(F)(F)F)nc2)cn1. The Morgan fingerprint density at radius 1 is 1.18 bits per heavy atom. The van der Waals surface area contributed by atoms with Gasteiger partial charge in [-0.15, -0.1) is 0 Å². The van der Waals surface area contributed by atoms with Gasteiger partial charge in [0.1, 0.15) is 5.69 Å². The molecule has 0 radical (unpaired) electrons. The van der Waals surface area contributed by atoms with Crippen molar-refractivity contribution in [2.75, 3.05) is 7.11 Å². The van der Waals surface area contributed by atoms with Crippen LogP contribution in [0.4, 0.5) is 13.2 Å². The summed E-state index contributed by atoms with van der Waals surface area (Å²) in [5.41, 5.74) is -0.258. The lowest BCUT2D eigenvalue weighted by Gasteiger charge is -2.08. The molecule has 0 aromatic carbocycles. The highest BCUT2D eigenvalue weighted by Crippen LogP contribution is 2.27. The van der Waals surface area contributed by atoms with Crippen LogP contribution >= 0.6 is 0 Å². The van der Waals surface area contributed by atoms with Gasteiger partial charge >= 0.3 is 6.18 Å². The van der Waals surface area contributed by atoms with Gasteiger partial charge in [-0.05, 0) is 17.7 Å². The Morgan fingerprint density at radius 2 is 1.95 bits per heavy atom. The molecule has 8 heteroatoms. The zero-order valence-electron chi connectivity index (χ0n) is 11.5. The van der Waals surface area contributed by atoms with Gasteiger partial charge in [-0.25, -0.2) is 4.98 Å². The van der Waals surface area contributed by atoms with Gasteiger partial charge in [0.25, 0.3) is 5.91 Å². The molecule has 2 heterocycles. The topological polar surface area (TPSA) is 64.1 Å². The summed E-state index contributed by atoms with van der Waals surface area (Å²) in [6.45, 7) is 0.191. The average molecular weight is 311 g/mol. The van der Waals surface area contributed by atoms with Crippen LogP contribution in [0.15, 0.2) is 36.7 Å². The van der Waals surface area contributed by atoms with E-state index in [-0.39, 0.29) is 12.1 Å². The van der Waals surface area contributed by atoms with Crippen LogP contribution in [0.3, 0.4) is 0 Å². The lowest BCUT2D eigenvalue weighted by atomic mass is 10.2. The van der Waals surface area contributed by atoms with Crippen molar-refractivity contribution in [1.29, 1.82) is 0 Å². The fourth-order valence-electron chi connectivity index (χ4n) is 1.62. The molecule has 0 aliphatic carbocycles. The number of rotatable bonds is 4. The highest BCUT2D eigenvalue weighted by molar-refractivity contribution is 5.93. The number of carbonyl (C=O) groups is 1. The number of amides is 1. The van der Waals surface area contributed by atoms with Gasteiger partial charge in [-0.2, -0.15) is 13.2 Å². The van der Waals surface area contributed by atoms with Crippen molar-refractivity contribution in [3.8, 4) is 5.88 Å². The van der Waals surface area contributed by atoms with Crippen molar-refractivity contribution in [3.05, 3.63) is 53.5 Å². The van der Waals surface area contributed by atoms with Crippen LogP contribution < -0.4 is 10.1 Å². The van der Waals surface area contributed by atoms with E-state index in [0.717, 1.165) is 23.9 Å². The molecule has 5 nitrogen and oxygen atoms in total. The maximum atomic E-state index is 12.4. The van der Waals surface area contributed by atoms with E-state index in [4.69, 9.17) is 4.74 Å². The first-order valence-electron chi connectivity index (χ1n) is 6.20. The minimum atomic E-state index is -4.52. The Bertz CT molecular complexity index is 640. The third-order valence-electron chi connectivity index (χ3n) is 2.78. The van der Waals surface area contributed by atoms with E-state index in [1.807, 2.05) is 0 Å². The van der Waals surface area contributed by atoms with Crippen LogP contribution in [0, 0.1) is 0 Å². The van der Waals surface area contributed by atoms with E-state index in [1.165, 1.54) is 13.3 Å². The van der Waals surface area contributed by atoms with Gasteiger partial charge in [0.15, 0.2) is 0 Å². The van der Waals surface area contributed by atoms with E-state index in [0.29, 0.717) is 5.88 Å². The molecule has 116 valence electrons. The summed E-state index contributed by atoms with van der Waals surface area (Å²) < 4.78 is 42.0. The molecule has 2 aromatic rings. The summed E-state index contributed by atoms with van der Waals surface area (Å²) in [6.07, 6.45) is -2.10. The second-order valence-corrected chi connectivity index (χ2v) is 4.32. The monoisotopic (exact) mass is 311 g/mol. The van der Waals surface area contributed by atoms with Crippen LogP contribution in [-0.4, -0.2) is 23.0 Å². The van der Waals surface area contributed by atoms with Crippen LogP contribution in [0.2, 0.25) is 0 Å². The Labute approximate surface area is 124 Å². The molecular weight excluding hydrogens is 299 g/mol. The molecular formula is C14H12F3N3O2. The molecule has 0 saturated carbocycles. The molecule has 1 N–H and O–H groups in total. The van der Waals surface area contributed by atoms with Gasteiger partial charge in [-0.3, -0.25) is 9.78 Å². The molecule has 0 aliphatic rings. The van der Waals surface area contributed by atoms with Crippen LogP contribution in [0.5, 0.6) is 5.88 Å². The third-order valence-corrected chi connectivity index (χ3v) is 2.78. The van der Waals surface area contributed by atoms with Gasteiger partial charge in [0.2, 0.25) is 5.88 Å². The second-order valence-electron chi connectivity index (χ2n) is 4.32. The van der Waals surface area contributed by atoms with Crippen molar-refractivity contribution < 1.29 is 22.7 Å². The minimum Gasteiger partial charge on any atom is -0.481 e. The molecule has 2 rings (SSSR count). The lowest BCUT2D eigenvalue weighted by Crippen LogP contribution is -2.23. The number of methoxy groups -OCH3 is 1. The standard InChI is InChI=1S/C14H12F3N3O2/c1-22-12-5-2-9(6-19-12)7-20-13(21)10-3-4-11(18-8-10)14(15,16)17/h2-6,8H,7H2,1H3,(H,20,21). The van der Waals surface area contributed by atoms with Crippen molar-refractivity contribution in [2.24, 2.45) is 0 Å². The maximum absolute atomic E-state index is 12.4. The number of ether oxygens (including phenoxy) is 1. The largest absolute Gasteiger partial charge is 0.481 e. The van der Waals surface area contributed by atoms with Crippen molar-refractivity contribution in [1.82, 2.24) is 15.3 Å². The average Bonchev–Trinajstić information content (AvgIpc) is 2.52. The highest BCUT2D eigenvalue weighted by Gasteiger charge is 2.32. The number of alkyl halides is 3. The molecule has 1 amide bonds. The van der Waals surface area contributed by atoms with Crippen molar-refractivity contribution in [3.63, 3.8) is 0 Å². The first-order chi connectivity index (χ1) is 10.4. The quantitative estimate of drug-likeness (QED) is 0.942. The minimum absolute atomic E-state index is 0.0504. The summed E-state index contributed by atoms with van der Waals surface area (Å²) in [5.74, 6) is -0.0703. The summed E-state index contributed by atoms with van der Waals surface area (Å²) in [4.78, 5) is 19.0. The number of pyridine rings is 2. The Morgan fingerprint density at radius 3 is 2.45 bits per heavy atom. The van der Waals surface area contributed by atoms with E-state index in [2.05, 4.69) is 15.3 Å². The molecule has 22 heavy (non-hydrogen) atoms. The Kier molecular flexibility index (Phi) is 4.59. The van der Waals surface area contributed by atoms with Gasteiger partial charge in [0, 0.05) is 25.0 Å². The van der Waals surface area contributed by atoms with Gasteiger partial charge in [-0.1, -0.05) is 6.07 Å². The molecule has 2 aromatic heterocycles. The summed E-state index contributed by atoms with van der Waals surface area (Å²) in [7, 11) is 1.49. The molecule has 0 saturated heterocycles. The smallest absolute Gasteiger partial charge is 0.433 e. The van der Waals surface area contributed by atoms with E-state index >= 15 is 0 Å². The number of carbonyl (C=O) groups excluding carboxylic acids is 1. The maximum Gasteiger partial charge on any atom is 0.433 e. The van der Waals surface area contributed by atoms with E-state index in [1.54, 1.807) is 12.1 Å². The number of halogens is 3. The number of hydrogen-bond donors (Lipinski definition) is 1. The molecule has 0 bridgehead atoms. The molecule has 0 unspecified atom stereocenters. The van der Waals surface area contributed by atoms with Crippen molar-refractivity contribution in [2.45, 2.75) is 12.7 Å². The third kappa shape index (κ3) is 3.94. The summed E-state index contributed by atoms with van der Waals surface area (Å²) >= 11 is 0. The second kappa shape index (κ2) is 6.42. The number of nitrogens with one attached hydrogen (secondary N) is 1. The Balaban J connectivity index is 1.97. The zero-order chi connectivity index (χ0) is 16.2. The van der Waals surface area contributed by atoms with Crippen molar-refractivity contribution >= 4 is 5.91 Å². The first-order valence-corrected chi connectivity index (χ1v) is 6.20. The molecule has 0 atom stereocenters. The zero-order valence-corrected chi connectivity index (χ0v) is 11.5. The Hall–Kier alpha value is -2.64. The van der Waals surface area contributed by atoms with Crippen LogP contribution in [0.1, 0.15) is 21.6 Å². The van der Waals surface area contributed by atoms with Gasteiger partial charge in [0.05, 0.1) is 12.7 Å². The fraction of sp³-hybridized carbons (Fsp3) is 0.214. The normalized spacial score (nSPS) is 11.1. The predicted octanol–water partition coefficient (Wildman–Crippen LogP) is 2.43. The molecule has 0 fully saturated rings. The number of hydrogen-bond acceptors (Lipinski definition) is 4. The number of nitrogens with zero attached hydrogens (tertiary/aromatic N) is 2. The predicted molar refractivity (Wildman–Crippen MR) is 71.2 cm³/mol. The lowest BCUT2D eigenvalue weighted by molar-refractivity contribution is -0.141. The van der Waals surface area contributed by atoms with Crippen LogP contribution in [0.25, 0.3) is 0 Å².